The van der Waals surface area contributed by atoms with Gasteiger partial charge in [-0.3, -0.25) is 0 Å². The van der Waals surface area contributed by atoms with Crippen molar-refractivity contribution in [3.05, 3.63) is 36.5 Å². The summed E-state index contributed by atoms with van der Waals surface area (Å²) in [6, 6.07) is 7.74. The van der Waals surface area contributed by atoms with Crippen molar-refractivity contribution in [1.82, 2.24) is 19.7 Å². The highest BCUT2D eigenvalue weighted by Crippen LogP contribution is 2.23. The van der Waals surface area contributed by atoms with Crippen LogP contribution in [-0.4, -0.2) is 33.5 Å². The quantitative estimate of drug-likeness (QED) is 0.649. The number of methoxy groups -OCH3 is 1. The normalized spacial score (nSPS) is 11.2. The van der Waals surface area contributed by atoms with Crippen molar-refractivity contribution in [2.45, 2.75) is 17.5 Å². The smallest absolute Gasteiger partial charge is 0.205 e. The van der Waals surface area contributed by atoms with Gasteiger partial charge in [-0.15, -0.1) is 10.2 Å². The lowest BCUT2D eigenvalue weighted by Gasteiger charge is -2.03. The molecular weight excluding hydrogens is 276 g/mol. The van der Waals surface area contributed by atoms with Crippen LogP contribution in [0.3, 0.4) is 0 Å². The van der Waals surface area contributed by atoms with Crippen molar-refractivity contribution in [2.24, 2.45) is 0 Å². The first-order valence-electron chi connectivity index (χ1n) is 6.21. The Morgan fingerprint density at radius 3 is 3.10 bits per heavy atom. The van der Waals surface area contributed by atoms with Crippen molar-refractivity contribution in [1.29, 1.82) is 0 Å². The fourth-order valence-corrected chi connectivity index (χ4v) is 2.59. The largest absolute Gasteiger partial charge is 0.440 e. The van der Waals surface area contributed by atoms with E-state index >= 15 is 0 Å². The first kappa shape index (κ1) is 13.1. The molecule has 0 amide bonds. The molecule has 7 heteroatoms. The summed E-state index contributed by atoms with van der Waals surface area (Å²) in [4.78, 5) is 4.43. The molecule has 0 radical (unpaired) electrons. The number of thioether (sulfide) groups is 1. The summed E-state index contributed by atoms with van der Waals surface area (Å²) in [5.41, 5.74) is 1.69. The summed E-state index contributed by atoms with van der Waals surface area (Å²) >= 11 is 1.55. The topological polar surface area (TPSA) is 66.0 Å². The second-order valence-electron chi connectivity index (χ2n) is 4.16. The Bertz CT molecular complexity index is 661. The Labute approximate surface area is 120 Å². The molecule has 3 aromatic rings. The van der Waals surface area contributed by atoms with Gasteiger partial charge in [-0.05, 0) is 12.1 Å². The average Bonchev–Trinajstić information content (AvgIpc) is 3.08. The molecule has 0 atom stereocenters. The number of rotatable bonds is 6. The van der Waals surface area contributed by atoms with Crippen molar-refractivity contribution in [2.75, 3.05) is 13.7 Å². The maximum atomic E-state index is 5.67. The predicted octanol–water partition coefficient (Wildman–Crippen LogP) is 2.36. The summed E-state index contributed by atoms with van der Waals surface area (Å²) in [5.74, 6) is 1.32. The number of aromatic nitrogens is 4. The Morgan fingerprint density at radius 2 is 2.25 bits per heavy atom. The van der Waals surface area contributed by atoms with Crippen LogP contribution >= 0.6 is 11.8 Å². The van der Waals surface area contributed by atoms with Crippen molar-refractivity contribution in [3.8, 4) is 0 Å². The summed E-state index contributed by atoms with van der Waals surface area (Å²) < 4.78 is 12.7. The van der Waals surface area contributed by atoms with E-state index in [0.717, 1.165) is 22.8 Å². The fraction of sp³-hybridized carbons (Fsp3) is 0.308. The molecule has 2 aromatic heterocycles. The molecule has 1 aromatic carbocycles. The van der Waals surface area contributed by atoms with Gasteiger partial charge in [0.1, 0.15) is 11.8 Å². The zero-order valence-electron chi connectivity index (χ0n) is 11.0. The highest BCUT2D eigenvalue weighted by Gasteiger charge is 2.09. The van der Waals surface area contributed by atoms with E-state index in [0.29, 0.717) is 18.3 Å². The zero-order valence-corrected chi connectivity index (χ0v) is 11.8. The molecule has 0 bridgehead atoms. The van der Waals surface area contributed by atoms with Gasteiger partial charge in [-0.2, -0.15) is 0 Å². The van der Waals surface area contributed by atoms with Gasteiger partial charge < -0.3 is 13.7 Å². The van der Waals surface area contributed by atoms with E-state index in [2.05, 4.69) is 15.2 Å². The first-order valence-corrected chi connectivity index (χ1v) is 7.19. The number of oxazole rings is 1. The minimum absolute atomic E-state index is 0.625. The van der Waals surface area contributed by atoms with Crippen LogP contribution in [-0.2, 0) is 17.0 Å². The Morgan fingerprint density at radius 1 is 1.35 bits per heavy atom. The molecule has 0 aliphatic rings. The Hall–Kier alpha value is -1.86. The van der Waals surface area contributed by atoms with Crippen LogP contribution in [0, 0.1) is 0 Å². The third-order valence-electron chi connectivity index (χ3n) is 2.78. The SMILES string of the molecule is COCCn1cnnc1SCc1nc2ccccc2o1. The van der Waals surface area contributed by atoms with Crippen LogP contribution in [0.5, 0.6) is 0 Å². The van der Waals surface area contributed by atoms with Gasteiger partial charge in [0.15, 0.2) is 10.7 Å². The first-order chi connectivity index (χ1) is 9.86. The molecule has 0 saturated carbocycles. The van der Waals surface area contributed by atoms with E-state index in [-0.39, 0.29) is 0 Å². The number of ether oxygens (including phenoxy) is 1. The molecule has 3 rings (SSSR count). The van der Waals surface area contributed by atoms with Gasteiger partial charge in [0.2, 0.25) is 5.89 Å². The van der Waals surface area contributed by atoms with Crippen molar-refractivity contribution in [3.63, 3.8) is 0 Å². The molecule has 0 aliphatic heterocycles. The lowest BCUT2D eigenvalue weighted by Crippen LogP contribution is -2.04. The molecule has 20 heavy (non-hydrogen) atoms. The van der Waals surface area contributed by atoms with Crippen LogP contribution in [0.25, 0.3) is 11.1 Å². The summed E-state index contributed by atoms with van der Waals surface area (Å²) in [6.07, 6.45) is 1.70. The molecule has 0 saturated heterocycles. The molecule has 6 nitrogen and oxygen atoms in total. The number of para-hydroxylation sites is 2. The minimum atomic E-state index is 0.625. The summed E-state index contributed by atoms with van der Waals surface area (Å²) in [7, 11) is 1.68. The molecule has 2 heterocycles. The fourth-order valence-electron chi connectivity index (χ4n) is 1.81. The second kappa shape index (κ2) is 6.06. The zero-order chi connectivity index (χ0) is 13.8. The Kier molecular flexibility index (Phi) is 3.98. The van der Waals surface area contributed by atoms with Crippen LogP contribution in [0.4, 0.5) is 0 Å². The standard InChI is InChI=1S/C13H14N4O2S/c1-18-7-6-17-9-14-16-13(17)20-8-12-15-10-4-2-3-5-11(10)19-12/h2-5,9H,6-8H2,1H3. The molecule has 0 unspecified atom stereocenters. The molecule has 104 valence electrons. The second-order valence-corrected chi connectivity index (χ2v) is 5.11. The number of fused-ring (bicyclic) bond motifs is 1. The third kappa shape index (κ3) is 2.83. The maximum Gasteiger partial charge on any atom is 0.205 e. The van der Waals surface area contributed by atoms with E-state index in [1.54, 1.807) is 25.2 Å². The number of benzene rings is 1. The summed E-state index contributed by atoms with van der Waals surface area (Å²) in [6.45, 7) is 1.37. The maximum absolute atomic E-state index is 5.67. The van der Waals surface area contributed by atoms with Gasteiger partial charge in [-0.1, -0.05) is 23.9 Å². The Balaban J connectivity index is 1.68. The predicted molar refractivity (Wildman–Crippen MR) is 75.5 cm³/mol. The lowest BCUT2D eigenvalue weighted by molar-refractivity contribution is 0.184. The van der Waals surface area contributed by atoms with E-state index in [1.165, 1.54) is 0 Å². The molecule has 0 spiro atoms. The lowest BCUT2D eigenvalue weighted by atomic mass is 10.3. The molecular formula is C13H14N4O2S. The van der Waals surface area contributed by atoms with Gasteiger partial charge in [0.25, 0.3) is 0 Å². The number of nitrogens with zero attached hydrogens (tertiary/aromatic N) is 4. The average molecular weight is 290 g/mol. The summed E-state index contributed by atoms with van der Waals surface area (Å²) in [5, 5.41) is 8.84. The molecule has 0 fully saturated rings. The van der Waals surface area contributed by atoms with Crippen molar-refractivity contribution >= 4 is 22.9 Å². The highest BCUT2D eigenvalue weighted by molar-refractivity contribution is 7.98. The van der Waals surface area contributed by atoms with Crippen LogP contribution in [0.2, 0.25) is 0 Å². The third-order valence-corrected chi connectivity index (χ3v) is 3.74. The van der Waals surface area contributed by atoms with Crippen LogP contribution in [0.1, 0.15) is 5.89 Å². The van der Waals surface area contributed by atoms with Crippen LogP contribution in [0.15, 0.2) is 40.2 Å². The van der Waals surface area contributed by atoms with Gasteiger partial charge >= 0.3 is 0 Å². The van der Waals surface area contributed by atoms with Crippen LogP contribution < -0.4 is 0 Å². The van der Waals surface area contributed by atoms with E-state index in [4.69, 9.17) is 9.15 Å². The van der Waals surface area contributed by atoms with Gasteiger partial charge in [-0.25, -0.2) is 4.98 Å². The minimum Gasteiger partial charge on any atom is -0.440 e. The number of hydrogen-bond acceptors (Lipinski definition) is 6. The molecule has 0 aliphatic carbocycles. The molecule has 0 N–H and O–H groups in total. The van der Waals surface area contributed by atoms with E-state index < -0.39 is 0 Å². The highest BCUT2D eigenvalue weighted by atomic mass is 32.2. The van der Waals surface area contributed by atoms with Gasteiger partial charge in [0.05, 0.1) is 12.4 Å². The van der Waals surface area contributed by atoms with Crippen molar-refractivity contribution < 1.29 is 9.15 Å². The van der Waals surface area contributed by atoms with E-state index in [9.17, 15) is 0 Å². The monoisotopic (exact) mass is 290 g/mol. The van der Waals surface area contributed by atoms with Gasteiger partial charge in [0, 0.05) is 13.7 Å². The van der Waals surface area contributed by atoms with E-state index in [1.807, 2.05) is 28.8 Å². The number of hydrogen-bond donors (Lipinski definition) is 0.